The SMILES string of the molecule is CC(C)CCCCCCCC(S)C(=O)OP(OC(=O)C(S)CCCCCCCC(C)C)OC(=O)C(S)CCCCCCCC(C)C. The Balaban J connectivity index is 4.86. The van der Waals surface area contributed by atoms with Gasteiger partial charge in [-0.3, -0.25) is 14.4 Å². The lowest BCUT2D eigenvalue weighted by atomic mass is 10.0. The van der Waals surface area contributed by atoms with E-state index in [-0.39, 0.29) is 0 Å². The lowest BCUT2D eigenvalue weighted by Gasteiger charge is -2.20. The van der Waals surface area contributed by atoms with Gasteiger partial charge in [0.1, 0.15) is 0 Å². The van der Waals surface area contributed by atoms with Crippen molar-refractivity contribution in [2.75, 3.05) is 0 Å². The maximum atomic E-state index is 12.9. The van der Waals surface area contributed by atoms with E-state index in [2.05, 4.69) is 79.4 Å². The summed E-state index contributed by atoms with van der Waals surface area (Å²) in [6.07, 6.45) is 21.5. The van der Waals surface area contributed by atoms with Gasteiger partial charge in [0.15, 0.2) is 0 Å². The Kier molecular flexibility index (Phi) is 29.7. The largest absolute Gasteiger partial charge is 0.537 e. The second kappa shape index (κ2) is 29.8. The summed E-state index contributed by atoms with van der Waals surface area (Å²) in [7, 11) is -2.57. The first-order chi connectivity index (χ1) is 21.8. The third-order valence-electron chi connectivity index (χ3n) is 8.09. The Bertz CT molecular complexity index is 683. The molecule has 0 aliphatic rings. The highest BCUT2D eigenvalue weighted by molar-refractivity contribution is 7.82. The topological polar surface area (TPSA) is 78.9 Å². The first-order valence-electron chi connectivity index (χ1n) is 18.3. The van der Waals surface area contributed by atoms with E-state index < -0.39 is 42.3 Å². The number of hydrogen-bond donors (Lipinski definition) is 3. The molecule has 0 N–H and O–H groups in total. The minimum atomic E-state index is -2.57. The van der Waals surface area contributed by atoms with Gasteiger partial charge in [-0.1, -0.05) is 157 Å². The fourth-order valence-corrected chi connectivity index (χ4v) is 6.96. The summed E-state index contributed by atoms with van der Waals surface area (Å²) >= 11 is 13.3. The molecule has 0 heterocycles. The molecule has 46 heavy (non-hydrogen) atoms. The Labute approximate surface area is 301 Å². The van der Waals surface area contributed by atoms with Crippen LogP contribution in [0.25, 0.3) is 0 Å². The lowest BCUT2D eigenvalue weighted by Crippen LogP contribution is -2.23. The van der Waals surface area contributed by atoms with Crippen LogP contribution in [0.3, 0.4) is 0 Å². The van der Waals surface area contributed by atoms with Gasteiger partial charge < -0.3 is 13.6 Å². The summed E-state index contributed by atoms with van der Waals surface area (Å²) in [5, 5.41) is -2.07. The third kappa shape index (κ3) is 27.8. The summed E-state index contributed by atoms with van der Waals surface area (Å²) < 4.78 is 16.3. The van der Waals surface area contributed by atoms with Crippen molar-refractivity contribution in [2.45, 2.75) is 192 Å². The zero-order valence-corrected chi connectivity index (χ0v) is 33.6. The van der Waals surface area contributed by atoms with Crippen LogP contribution in [-0.2, 0) is 28.0 Å². The number of unbranched alkanes of at least 4 members (excludes halogenated alkanes) is 12. The van der Waals surface area contributed by atoms with Gasteiger partial charge in [0, 0.05) is 0 Å². The highest BCUT2D eigenvalue weighted by atomic mass is 32.1. The molecule has 0 aliphatic heterocycles. The molecule has 10 heteroatoms. The van der Waals surface area contributed by atoms with Crippen LogP contribution in [-0.4, -0.2) is 33.7 Å². The fourth-order valence-electron chi connectivity index (χ4n) is 5.07. The summed E-state index contributed by atoms with van der Waals surface area (Å²) in [5.74, 6) is 0.217. The summed E-state index contributed by atoms with van der Waals surface area (Å²) in [5.41, 5.74) is 0. The number of hydrogen-bond acceptors (Lipinski definition) is 9. The van der Waals surface area contributed by atoms with Crippen LogP contribution in [0.15, 0.2) is 0 Å². The van der Waals surface area contributed by atoms with Gasteiger partial charge in [0.25, 0.3) is 0 Å². The van der Waals surface area contributed by atoms with Crippen LogP contribution in [0, 0.1) is 17.8 Å². The molecule has 0 saturated carbocycles. The smallest absolute Gasteiger partial charge is 0.374 e. The Hall–Kier alpha value is -0.110. The van der Waals surface area contributed by atoms with Crippen LogP contribution < -0.4 is 0 Å². The first kappa shape index (κ1) is 45.9. The number of rotatable bonds is 30. The molecule has 0 fully saturated rings. The monoisotopic (exact) mass is 724 g/mol. The Morgan fingerprint density at radius 2 is 0.587 bits per heavy atom. The van der Waals surface area contributed by atoms with E-state index in [0.717, 1.165) is 75.5 Å². The Morgan fingerprint density at radius 3 is 0.804 bits per heavy atom. The van der Waals surface area contributed by atoms with Crippen molar-refractivity contribution in [1.82, 2.24) is 0 Å². The molecular weight excluding hydrogens is 656 g/mol. The summed E-state index contributed by atoms with van der Waals surface area (Å²) in [6, 6.07) is 0. The molecule has 0 aromatic carbocycles. The third-order valence-corrected chi connectivity index (χ3v) is 10.5. The van der Waals surface area contributed by atoms with Crippen molar-refractivity contribution >= 4 is 64.4 Å². The van der Waals surface area contributed by atoms with E-state index in [1.165, 1.54) is 57.8 Å². The molecule has 0 amide bonds. The van der Waals surface area contributed by atoms with E-state index in [1.54, 1.807) is 0 Å². The second-order valence-electron chi connectivity index (χ2n) is 14.2. The predicted octanol–water partition coefficient (Wildman–Crippen LogP) is 11.9. The summed E-state index contributed by atoms with van der Waals surface area (Å²) in [4.78, 5) is 38.6. The van der Waals surface area contributed by atoms with Crippen molar-refractivity contribution in [3.05, 3.63) is 0 Å². The van der Waals surface area contributed by atoms with Gasteiger partial charge in [-0.2, -0.15) is 37.9 Å². The molecule has 0 aromatic rings. The predicted molar refractivity (Wildman–Crippen MR) is 205 cm³/mol. The normalized spacial score (nSPS) is 14.3. The van der Waals surface area contributed by atoms with E-state index in [0.29, 0.717) is 19.3 Å². The molecular formula is C36H69O6PS3. The van der Waals surface area contributed by atoms with Crippen LogP contribution in [0.4, 0.5) is 0 Å². The van der Waals surface area contributed by atoms with E-state index in [1.807, 2.05) is 0 Å². The molecule has 272 valence electrons. The highest BCUT2D eigenvalue weighted by Gasteiger charge is 2.33. The first-order valence-corrected chi connectivity index (χ1v) is 21.0. The standard InChI is InChI=1S/C36H69O6PS3/c1-28(2)22-16-10-7-13-19-25-31(44)34(37)40-43(41-35(38)32(45)26-20-14-8-11-17-23-29(3)4)42-36(39)33(46)27-21-15-9-12-18-24-30(5)6/h28-33,44-46H,7-27H2,1-6H3. The van der Waals surface area contributed by atoms with Crippen molar-refractivity contribution in [3.63, 3.8) is 0 Å². The molecule has 0 saturated heterocycles. The number of carbonyl (C=O) groups excluding carboxylic acids is 3. The molecule has 0 bridgehead atoms. The van der Waals surface area contributed by atoms with Gasteiger partial charge in [-0.05, 0) is 37.0 Å². The van der Waals surface area contributed by atoms with Crippen molar-refractivity contribution < 1.29 is 28.0 Å². The van der Waals surface area contributed by atoms with Crippen LogP contribution in [0.2, 0.25) is 0 Å². The second-order valence-corrected chi connectivity index (χ2v) is 17.1. The van der Waals surface area contributed by atoms with Gasteiger partial charge in [-0.25, -0.2) is 0 Å². The minimum absolute atomic E-state index is 0.538. The molecule has 0 spiro atoms. The molecule has 6 nitrogen and oxygen atoms in total. The fraction of sp³-hybridized carbons (Fsp3) is 0.917. The maximum Gasteiger partial charge on any atom is 0.537 e. The van der Waals surface area contributed by atoms with Crippen molar-refractivity contribution in [3.8, 4) is 0 Å². The van der Waals surface area contributed by atoms with Crippen molar-refractivity contribution in [1.29, 1.82) is 0 Å². The average molecular weight is 725 g/mol. The molecule has 0 aliphatic carbocycles. The van der Waals surface area contributed by atoms with E-state index in [9.17, 15) is 14.4 Å². The van der Waals surface area contributed by atoms with Crippen molar-refractivity contribution in [2.24, 2.45) is 17.8 Å². The maximum absolute atomic E-state index is 12.9. The van der Waals surface area contributed by atoms with Crippen LogP contribution in [0.1, 0.15) is 176 Å². The highest BCUT2D eigenvalue weighted by Crippen LogP contribution is 2.43. The van der Waals surface area contributed by atoms with Crippen LogP contribution >= 0.6 is 46.5 Å². The number of thiol groups is 3. The zero-order chi connectivity index (χ0) is 34.7. The van der Waals surface area contributed by atoms with Gasteiger partial charge in [0.05, 0.1) is 15.7 Å². The Morgan fingerprint density at radius 1 is 0.391 bits per heavy atom. The minimum Gasteiger partial charge on any atom is -0.374 e. The molecule has 0 radical (unpaired) electrons. The number of carbonyl (C=O) groups is 3. The van der Waals surface area contributed by atoms with E-state index >= 15 is 0 Å². The molecule has 0 rings (SSSR count). The zero-order valence-electron chi connectivity index (χ0n) is 30.1. The molecule has 0 aromatic heterocycles. The van der Waals surface area contributed by atoms with Gasteiger partial charge in [0.2, 0.25) is 0 Å². The quantitative estimate of drug-likeness (QED) is 0.0389. The molecule has 3 atom stereocenters. The van der Waals surface area contributed by atoms with Crippen LogP contribution in [0.5, 0.6) is 0 Å². The average Bonchev–Trinajstić information content (AvgIpc) is 2.98. The van der Waals surface area contributed by atoms with E-state index in [4.69, 9.17) is 13.6 Å². The van der Waals surface area contributed by atoms with Gasteiger partial charge >= 0.3 is 26.5 Å². The lowest BCUT2D eigenvalue weighted by molar-refractivity contribution is -0.142. The summed E-state index contributed by atoms with van der Waals surface area (Å²) in [6.45, 7) is 13.4. The molecule has 3 unspecified atom stereocenters. The van der Waals surface area contributed by atoms with Gasteiger partial charge in [-0.15, -0.1) is 0 Å².